The lowest BCUT2D eigenvalue weighted by atomic mass is 10.3. The molecule has 0 saturated heterocycles. The third kappa shape index (κ3) is 12.0. The van der Waals surface area contributed by atoms with Crippen LogP contribution < -0.4 is 5.32 Å². The minimum atomic E-state index is -0.244. The maximum Gasteiger partial charge on any atom is 0.306 e. The molecular weight excluding hydrogens is 266 g/mol. The van der Waals surface area contributed by atoms with Crippen molar-refractivity contribution in [3.05, 3.63) is 0 Å². The van der Waals surface area contributed by atoms with E-state index in [4.69, 9.17) is 4.74 Å². The second-order valence-electron chi connectivity index (χ2n) is 4.52. The fourth-order valence-corrected chi connectivity index (χ4v) is 2.06. The zero-order valence-electron chi connectivity index (χ0n) is 12.2. The predicted octanol–water partition coefficient (Wildman–Crippen LogP) is 1.60. The number of hydrogen-bond donors (Lipinski definition) is 1. The molecule has 0 aliphatic heterocycles. The van der Waals surface area contributed by atoms with Gasteiger partial charge >= 0.3 is 5.97 Å². The third-order valence-corrected chi connectivity index (χ3v) is 3.44. The number of ether oxygens (including phenoxy) is 2. The zero-order chi connectivity index (χ0) is 14.7. The molecule has 5 nitrogen and oxygen atoms in total. The van der Waals surface area contributed by atoms with Gasteiger partial charge in [0.05, 0.1) is 25.4 Å². The van der Waals surface area contributed by atoms with Crippen LogP contribution in [0.4, 0.5) is 0 Å². The van der Waals surface area contributed by atoms with Crippen LogP contribution in [0.3, 0.4) is 0 Å². The molecule has 0 rings (SSSR count). The van der Waals surface area contributed by atoms with Crippen molar-refractivity contribution in [1.82, 2.24) is 5.32 Å². The summed E-state index contributed by atoms with van der Waals surface area (Å²) < 4.78 is 9.94. The summed E-state index contributed by atoms with van der Waals surface area (Å²) in [5, 5.41) is 2.91. The molecule has 0 aromatic carbocycles. The van der Waals surface area contributed by atoms with Crippen LogP contribution in [0, 0.1) is 0 Å². The average Bonchev–Trinajstić information content (AvgIpc) is 2.35. The van der Waals surface area contributed by atoms with Crippen molar-refractivity contribution >= 4 is 23.6 Å². The molecular formula is C13H25NO4S. The van der Waals surface area contributed by atoms with Gasteiger partial charge in [-0.25, -0.2) is 0 Å². The molecule has 0 fully saturated rings. The van der Waals surface area contributed by atoms with Crippen molar-refractivity contribution in [2.24, 2.45) is 0 Å². The smallest absolute Gasteiger partial charge is 0.306 e. The summed E-state index contributed by atoms with van der Waals surface area (Å²) in [5.74, 6) is 0.112. The summed E-state index contributed by atoms with van der Waals surface area (Å²) in [6.07, 6.45) is 1.37. The fraction of sp³-hybridized carbons (Fsp3) is 0.846. The van der Waals surface area contributed by atoms with Crippen LogP contribution in [-0.2, 0) is 19.1 Å². The van der Waals surface area contributed by atoms with Gasteiger partial charge in [-0.2, -0.15) is 0 Å². The normalized spacial score (nSPS) is 12.3. The van der Waals surface area contributed by atoms with Crippen LogP contribution in [-0.4, -0.2) is 49.2 Å². The lowest BCUT2D eigenvalue weighted by Crippen LogP contribution is -2.28. The minimum Gasteiger partial charge on any atom is -0.469 e. The number of thioether (sulfide) groups is 1. The second kappa shape index (κ2) is 11.1. The van der Waals surface area contributed by atoms with Crippen LogP contribution in [0.1, 0.15) is 33.6 Å². The lowest BCUT2D eigenvalue weighted by Gasteiger charge is -2.10. The highest BCUT2D eigenvalue weighted by atomic mass is 32.2. The predicted molar refractivity (Wildman–Crippen MR) is 77.3 cm³/mol. The first-order valence-corrected chi connectivity index (χ1v) is 7.57. The van der Waals surface area contributed by atoms with Gasteiger partial charge < -0.3 is 14.8 Å². The SMILES string of the molecule is COC(=O)CC(C)SCC(=O)NCCCOC(C)C. The molecule has 19 heavy (non-hydrogen) atoms. The van der Waals surface area contributed by atoms with Gasteiger partial charge in [0.25, 0.3) is 0 Å². The number of hydrogen-bond acceptors (Lipinski definition) is 5. The van der Waals surface area contributed by atoms with Crippen LogP contribution in [0.2, 0.25) is 0 Å². The molecule has 0 aromatic rings. The quantitative estimate of drug-likeness (QED) is 0.489. The van der Waals surface area contributed by atoms with Crippen molar-refractivity contribution < 1.29 is 19.1 Å². The number of methoxy groups -OCH3 is 1. The maximum absolute atomic E-state index is 11.5. The Balaban J connectivity index is 3.51. The minimum absolute atomic E-state index is 0.00809. The Labute approximate surface area is 119 Å². The van der Waals surface area contributed by atoms with E-state index in [1.807, 2.05) is 20.8 Å². The zero-order valence-corrected chi connectivity index (χ0v) is 13.0. The van der Waals surface area contributed by atoms with Crippen molar-refractivity contribution in [1.29, 1.82) is 0 Å². The van der Waals surface area contributed by atoms with Crippen LogP contribution in [0.5, 0.6) is 0 Å². The monoisotopic (exact) mass is 291 g/mol. The van der Waals surface area contributed by atoms with E-state index in [0.717, 1.165) is 6.42 Å². The Morgan fingerprint density at radius 2 is 1.95 bits per heavy atom. The van der Waals surface area contributed by atoms with E-state index in [9.17, 15) is 9.59 Å². The molecule has 6 heteroatoms. The summed E-state index contributed by atoms with van der Waals surface area (Å²) >= 11 is 1.45. The number of carbonyl (C=O) groups is 2. The van der Waals surface area contributed by atoms with Gasteiger partial charge in [0.15, 0.2) is 0 Å². The van der Waals surface area contributed by atoms with Crippen molar-refractivity contribution in [2.45, 2.75) is 45.0 Å². The van der Waals surface area contributed by atoms with Crippen molar-refractivity contribution in [3.8, 4) is 0 Å². The van der Waals surface area contributed by atoms with Crippen LogP contribution in [0.15, 0.2) is 0 Å². The molecule has 0 heterocycles. The number of nitrogens with one attached hydrogen (secondary N) is 1. The number of esters is 1. The Morgan fingerprint density at radius 1 is 1.26 bits per heavy atom. The molecule has 0 bridgehead atoms. The summed E-state index contributed by atoms with van der Waals surface area (Å²) in [6.45, 7) is 7.16. The van der Waals surface area contributed by atoms with Crippen molar-refractivity contribution in [2.75, 3.05) is 26.0 Å². The summed E-state index contributed by atoms with van der Waals surface area (Å²) in [5.41, 5.74) is 0. The molecule has 0 radical (unpaired) electrons. The molecule has 1 amide bonds. The van der Waals surface area contributed by atoms with Gasteiger partial charge in [0, 0.05) is 18.4 Å². The Morgan fingerprint density at radius 3 is 2.53 bits per heavy atom. The Bertz CT molecular complexity index is 271. The Hall–Kier alpha value is -0.750. The van der Waals surface area contributed by atoms with E-state index < -0.39 is 0 Å². The largest absolute Gasteiger partial charge is 0.469 e. The third-order valence-electron chi connectivity index (χ3n) is 2.28. The maximum atomic E-state index is 11.5. The standard InChI is InChI=1S/C13H25NO4S/c1-10(2)18-7-5-6-14-12(15)9-19-11(3)8-13(16)17-4/h10-11H,5-9H2,1-4H3,(H,14,15). The van der Waals surface area contributed by atoms with E-state index in [2.05, 4.69) is 10.1 Å². The van der Waals surface area contributed by atoms with E-state index in [1.54, 1.807) is 0 Å². The molecule has 0 aromatic heterocycles. The van der Waals surface area contributed by atoms with Gasteiger partial charge in [0.2, 0.25) is 5.91 Å². The highest BCUT2D eigenvalue weighted by molar-refractivity contribution is 8.00. The first kappa shape index (κ1) is 18.2. The van der Waals surface area contributed by atoms with Crippen LogP contribution >= 0.6 is 11.8 Å². The number of rotatable bonds is 10. The molecule has 112 valence electrons. The van der Waals surface area contributed by atoms with E-state index >= 15 is 0 Å². The van der Waals surface area contributed by atoms with E-state index in [-0.39, 0.29) is 23.2 Å². The highest BCUT2D eigenvalue weighted by Crippen LogP contribution is 2.13. The Kier molecular flexibility index (Phi) is 10.7. The fourth-order valence-electron chi connectivity index (χ4n) is 1.26. The van der Waals surface area contributed by atoms with Gasteiger partial charge in [0.1, 0.15) is 0 Å². The van der Waals surface area contributed by atoms with Gasteiger partial charge in [-0.3, -0.25) is 9.59 Å². The van der Waals surface area contributed by atoms with E-state index in [1.165, 1.54) is 18.9 Å². The first-order chi connectivity index (χ1) is 8.95. The lowest BCUT2D eigenvalue weighted by molar-refractivity contribution is -0.140. The van der Waals surface area contributed by atoms with Gasteiger partial charge in [-0.1, -0.05) is 6.92 Å². The van der Waals surface area contributed by atoms with Crippen LogP contribution in [0.25, 0.3) is 0 Å². The molecule has 1 unspecified atom stereocenters. The number of carbonyl (C=O) groups excluding carboxylic acids is 2. The molecule has 1 N–H and O–H groups in total. The van der Waals surface area contributed by atoms with Gasteiger partial charge in [-0.05, 0) is 20.3 Å². The van der Waals surface area contributed by atoms with Crippen molar-refractivity contribution in [3.63, 3.8) is 0 Å². The molecule has 0 aliphatic carbocycles. The molecule has 0 saturated carbocycles. The average molecular weight is 291 g/mol. The van der Waals surface area contributed by atoms with E-state index in [0.29, 0.717) is 25.3 Å². The molecule has 0 spiro atoms. The molecule has 1 atom stereocenters. The summed E-state index contributed by atoms with van der Waals surface area (Å²) in [6, 6.07) is 0. The highest BCUT2D eigenvalue weighted by Gasteiger charge is 2.11. The van der Waals surface area contributed by atoms with Gasteiger partial charge in [-0.15, -0.1) is 11.8 Å². The molecule has 0 aliphatic rings. The first-order valence-electron chi connectivity index (χ1n) is 6.52. The summed E-state index contributed by atoms with van der Waals surface area (Å²) in [7, 11) is 1.37. The summed E-state index contributed by atoms with van der Waals surface area (Å²) in [4.78, 5) is 22.5. The second-order valence-corrected chi connectivity index (χ2v) is 5.95. The number of amides is 1. The topological polar surface area (TPSA) is 64.6 Å².